The summed E-state index contributed by atoms with van der Waals surface area (Å²) < 4.78 is 0. The van der Waals surface area contributed by atoms with Crippen molar-refractivity contribution in [2.24, 2.45) is 11.7 Å². The van der Waals surface area contributed by atoms with E-state index in [9.17, 15) is 14.7 Å². The van der Waals surface area contributed by atoms with Gasteiger partial charge in [-0.05, 0) is 19.8 Å². The van der Waals surface area contributed by atoms with Crippen LogP contribution in [0.2, 0.25) is 0 Å². The van der Waals surface area contributed by atoms with Crippen LogP contribution >= 0.6 is 0 Å². The lowest BCUT2D eigenvalue weighted by molar-refractivity contribution is -0.132. The first-order valence-corrected chi connectivity index (χ1v) is 6.21. The molecule has 0 rings (SSSR count). The molecular formula is C12H24N2O3. The minimum Gasteiger partial charge on any atom is -0.391 e. The minimum absolute atomic E-state index is 0.106. The zero-order valence-electron chi connectivity index (χ0n) is 10.9. The lowest BCUT2D eigenvalue weighted by Crippen LogP contribution is -2.52. The van der Waals surface area contributed by atoms with Crippen molar-refractivity contribution in [1.82, 2.24) is 5.32 Å². The fraction of sp³-hybridized carbons (Fsp3) is 0.833. The standard InChI is InChI=1S/C12H24N2O3/c1-4-6-9(7-5-2)12(17)14-10(8(3)15)11(13)16/h8-10,15H,4-7H2,1-3H3,(H2,13,16)(H,14,17)/t8-,10+/m1/s1. The van der Waals surface area contributed by atoms with Crippen molar-refractivity contribution < 1.29 is 14.7 Å². The Kier molecular flexibility index (Phi) is 7.54. The number of aliphatic hydroxyl groups is 1. The van der Waals surface area contributed by atoms with E-state index in [1.807, 2.05) is 13.8 Å². The molecule has 0 aromatic carbocycles. The molecule has 0 aromatic heterocycles. The molecule has 0 radical (unpaired) electrons. The van der Waals surface area contributed by atoms with Crippen LogP contribution in [0.1, 0.15) is 46.5 Å². The molecule has 0 saturated heterocycles. The summed E-state index contributed by atoms with van der Waals surface area (Å²) >= 11 is 0. The zero-order valence-corrected chi connectivity index (χ0v) is 10.9. The van der Waals surface area contributed by atoms with Crippen molar-refractivity contribution in [3.05, 3.63) is 0 Å². The molecule has 0 aliphatic heterocycles. The first-order chi connectivity index (χ1) is 7.93. The quantitative estimate of drug-likeness (QED) is 0.582. The van der Waals surface area contributed by atoms with Crippen LogP contribution < -0.4 is 11.1 Å². The summed E-state index contributed by atoms with van der Waals surface area (Å²) in [6, 6.07) is -1.00. The number of primary amides is 1. The zero-order chi connectivity index (χ0) is 13.4. The van der Waals surface area contributed by atoms with Crippen molar-refractivity contribution in [1.29, 1.82) is 0 Å². The van der Waals surface area contributed by atoms with Gasteiger partial charge in [-0.1, -0.05) is 26.7 Å². The maximum Gasteiger partial charge on any atom is 0.242 e. The van der Waals surface area contributed by atoms with Crippen LogP contribution in [-0.4, -0.2) is 29.1 Å². The number of nitrogens with one attached hydrogen (secondary N) is 1. The summed E-state index contributed by atoms with van der Waals surface area (Å²) in [6.45, 7) is 5.46. The molecule has 0 fully saturated rings. The summed E-state index contributed by atoms with van der Waals surface area (Å²) in [7, 11) is 0. The highest BCUT2D eigenvalue weighted by Crippen LogP contribution is 2.14. The molecule has 0 aliphatic rings. The Morgan fingerprint density at radius 2 is 1.71 bits per heavy atom. The van der Waals surface area contributed by atoms with Crippen LogP contribution in [0.3, 0.4) is 0 Å². The Bertz CT molecular complexity index is 248. The number of aliphatic hydroxyl groups excluding tert-OH is 1. The largest absolute Gasteiger partial charge is 0.391 e. The van der Waals surface area contributed by atoms with Gasteiger partial charge in [-0.15, -0.1) is 0 Å². The van der Waals surface area contributed by atoms with Gasteiger partial charge in [0.15, 0.2) is 0 Å². The van der Waals surface area contributed by atoms with Gasteiger partial charge in [-0.2, -0.15) is 0 Å². The predicted octanol–water partition coefficient (Wildman–Crippen LogP) is 0.554. The molecule has 5 heteroatoms. The second-order valence-electron chi connectivity index (χ2n) is 4.40. The molecule has 2 atom stereocenters. The van der Waals surface area contributed by atoms with Gasteiger partial charge in [0.1, 0.15) is 6.04 Å². The van der Waals surface area contributed by atoms with E-state index >= 15 is 0 Å². The second-order valence-corrected chi connectivity index (χ2v) is 4.40. The molecule has 0 bridgehead atoms. The highest BCUT2D eigenvalue weighted by molar-refractivity contribution is 5.87. The van der Waals surface area contributed by atoms with Crippen LogP contribution in [0, 0.1) is 5.92 Å². The minimum atomic E-state index is -1.00. The van der Waals surface area contributed by atoms with Crippen molar-refractivity contribution in [3.63, 3.8) is 0 Å². The lowest BCUT2D eigenvalue weighted by atomic mass is 9.96. The van der Waals surface area contributed by atoms with Gasteiger partial charge in [-0.25, -0.2) is 0 Å². The molecule has 0 spiro atoms. The number of rotatable bonds is 8. The van der Waals surface area contributed by atoms with Gasteiger partial charge >= 0.3 is 0 Å². The number of carbonyl (C=O) groups excluding carboxylic acids is 2. The highest BCUT2D eigenvalue weighted by Gasteiger charge is 2.26. The Hall–Kier alpha value is -1.10. The number of carbonyl (C=O) groups is 2. The molecule has 0 unspecified atom stereocenters. The van der Waals surface area contributed by atoms with E-state index in [2.05, 4.69) is 5.32 Å². The van der Waals surface area contributed by atoms with E-state index in [4.69, 9.17) is 5.73 Å². The molecule has 100 valence electrons. The second kappa shape index (κ2) is 8.06. The van der Waals surface area contributed by atoms with E-state index in [0.717, 1.165) is 25.7 Å². The van der Waals surface area contributed by atoms with Gasteiger partial charge < -0.3 is 16.2 Å². The third-order valence-electron chi connectivity index (χ3n) is 2.73. The smallest absolute Gasteiger partial charge is 0.242 e. The average molecular weight is 244 g/mol. The van der Waals surface area contributed by atoms with Crippen LogP contribution in [0.4, 0.5) is 0 Å². The molecule has 0 aliphatic carbocycles. The summed E-state index contributed by atoms with van der Waals surface area (Å²) in [5, 5.41) is 11.9. The average Bonchev–Trinajstić information content (AvgIpc) is 2.24. The first-order valence-electron chi connectivity index (χ1n) is 6.21. The molecule has 5 nitrogen and oxygen atoms in total. The third kappa shape index (κ3) is 5.68. The summed E-state index contributed by atoms with van der Waals surface area (Å²) in [5.41, 5.74) is 5.12. The first kappa shape index (κ1) is 15.9. The van der Waals surface area contributed by atoms with Crippen LogP contribution in [0.5, 0.6) is 0 Å². The topological polar surface area (TPSA) is 92.4 Å². The summed E-state index contributed by atoms with van der Waals surface area (Å²) in [6.07, 6.45) is 2.41. The normalized spacial score (nSPS) is 14.4. The third-order valence-corrected chi connectivity index (χ3v) is 2.73. The van der Waals surface area contributed by atoms with Crippen molar-refractivity contribution >= 4 is 11.8 Å². The van der Waals surface area contributed by atoms with E-state index in [1.165, 1.54) is 6.92 Å². The number of hydrogen-bond acceptors (Lipinski definition) is 3. The summed E-state index contributed by atoms with van der Waals surface area (Å²) in [5.74, 6) is -1.01. The Balaban J connectivity index is 4.50. The Labute approximate surface area is 103 Å². The number of hydrogen-bond donors (Lipinski definition) is 3. The van der Waals surface area contributed by atoms with E-state index < -0.39 is 18.1 Å². The Morgan fingerprint density at radius 3 is 2.00 bits per heavy atom. The fourth-order valence-electron chi connectivity index (χ4n) is 1.80. The predicted molar refractivity (Wildman–Crippen MR) is 66.1 cm³/mol. The van der Waals surface area contributed by atoms with Crippen LogP contribution in [0.15, 0.2) is 0 Å². The Morgan fingerprint density at radius 1 is 1.24 bits per heavy atom. The molecule has 0 saturated carbocycles. The SMILES string of the molecule is CCCC(CCC)C(=O)N[C@H](C(N)=O)[C@@H](C)O. The number of nitrogens with two attached hydrogens (primary N) is 1. The monoisotopic (exact) mass is 244 g/mol. The van der Waals surface area contributed by atoms with Crippen LogP contribution in [0.25, 0.3) is 0 Å². The highest BCUT2D eigenvalue weighted by atomic mass is 16.3. The van der Waals surface area contributed by atoms with Crippen LogP contribution in [-0.2, 0) is 9.59 Å². The maximum atomic E-state index is 11.9. The fourth-order valence-corrected chi connectivity index (χ4v) is 1.80. The molecule has 0 aromatic rings. The van der Waals surface area contributed by atoms with Gasteiger partial charge in [0, 0.05) is 5.92 Å². The molecule has 2 amide bonds. The molecular weight excluding hydrogens is 220 g/mol. The van der Waals surface area contributed by atoms with E-state index in [1.54, 1.807) is 0 Å². The van der Waals surface area contributed by atoms with E-state index in [-0.39, 0.29) is 11.8 Å². The van der Waals surface area contributed by atoms with Gasteiger partial charge in [-0.3, -0.25) is 9.59 Å². The molecule has 4 N–H and O–H groups in total. The maximum absolute atomic E-state index is 11.9. The van der Waals surface area contributed by atoms with Crippen molar-refractivity contribution in [2.75, 3.05) is 0 Å². The van der Waals surface area contributed by atoms with E-state index in [0.29, 0.717) is 0 Å². The van der Waals surface area contributed by atoms with Gasteiger partial charge in [0.2, 0.25) is 11.8 Å². The molecule has 17 heavy (non-hydrogen) atoms. The van der Waals surface area contributed by atoms with Gasteiger partial charge in [0.05, 0.1) is 6.10 Å². The summed E-state index contributed by atoms with van der Waals surface area (Å²) in [4.78, 5) is 23.0. The van der Waals surface area contributed by atoms with Crippen molar-refractivity contribution in [3.8, 4) is 0 Å². The lowest BCUT2D eigenvalue weighted by Gasteiger charge is -2.22. The number of amides is 2. The molecule has 0 heterocycles. The van der Waals surface area contributed by atoms with Gasteiger partial charge in [0.25, 0.3) is 0 Å². The van der Waals surface area contributed by atoms with Crippen molar-refractivity contribution in [2.45, 2.75) is 58.6 Å².